The van der Waals surface area contributed by atoms with Crippen LogP contribution < -0.4 is 0 Å². The summed E-state index contributed by atoms with van der Waals surface area (Å²) in [6, 6.07) is 7.14. The molecule has 2 aliphatic rings. The number of hydrogen-bond acceptors (Lipinski definition) is 5. The van der Waals surface area contributed by atoms with Gasteiger partial charge in [-0.3, -0.25) is 0 Å². The van der Waals surface area contributed by atoms with Crippen LogP contribution >= 0.6 is 0 Å². The van der Waals surface area contributed by atoms with E-state index in [2.05, 4.69) is 4.18 Å². The molecule has 0 spiro atoms. The molecule has 0 unspecified atom stereocenters. The van der Waals surface area contributed by atoms with Crippen molar-refractivity contribution in [1.82, 2.24) is 0 Å². The number of benzene rings is 2. The number of carboxylic acid groups (broad SMARTS) is 1. The number of hydrogen-bond donors (Lipinski definition) is 1. The average Bonchev–Trinajstić information content (AvgIpc) is 2.50. The quantitative estimate of drug-likeness (QED) is 0.792. The van der Waals surface area contributed by atoms with E-state index in [1.165, 1.54) is 12.1 Å². The minimum Gasteiger partial charge on any atom is -0.478 e. The second-order valence-electron chi connectivity index (χ2n) is 3.97. The van der Waals surface area contributed by atoms with Crippen LogP contribution in [0.4, 0.5) is 0 Å². The summed E-state index contributed by atoms with van der Waals surface area (Å²) in [6.45, 7) is 0. The fraction of sp³-hybridized carbons (Fsp3) is 0. The molecule has 7 heteroatoms. The number of carbonyl (C=O) groups excluding carboxylic acids is 1. The maximum Gasteiger partial charge on any atom is 0.355 e. The topological polar surface area (TPSA) is 97.7 Å². The molecule has 6 nitrogen and oxygen atoms in total. The molecule has 0 amide bonds. The van der Waals surface area contributed by atoms with Gasteiger partial charge in [0.15, 0.2) is 0 Å². The predicted octanol–water partition coefficient (Wildman–Crippen LogP) is 1.40. The molecule has 1 N–H and O–H groups in total. The molecule has 0 fully saturated rings. The third-order valence-electron chi connectivity index (χ3n) is 2.90. The van der Waals surface area contributed by atoms with E-state index < -0.39 is 22.1 Å². The molecule has 0 aromatic heterocycles. The van der Waals surface area contributed by atoms with E-state index in [0.717, 1.165) is 6.07 Å². The van der Waals surface area contributed by atoms with Crippen LogP contribution in [0.25, 0.3) is 10.8 Å². The summed E-state index contributed by atoms with van der Waals surface area (Å²) < 4.78 is 28.1. The lowest BCUT2D eigenvalue weighted by molar-refractivity contribution is 0.0674. The van der Waals surface area contributed by atoms with Crippen molar-refractivity contribution in [3.63, 3.8) is 0 Å². The van der Waals surface area contributed by atoms with Gasteiger partial charge in [0.2, 0.25) is 0 Å². The molecule has 0 saturated carbocycles. The molecular weight excluding hydrogens is 272 g/mol. The van der Waals surface area contributed by atoms with Crippen molar-refractivity contribution in [2.75, 3.05) is 0 Å². The molecule has 96 valence electrons. The van der Waals surface area contributed by atoms with Crippen LogP contribution in [0.2, 0.25) is 0 Å². The normalized spacial score (nSPS) is 16.1. The Kier molecular flexibility index (Phi) is 2.18. The first-order chi connectivity index (χ1) is 8.92. The van der Waals surface area contributed by atoms with E-state index in [4.69, 9.17) is 5.11 Å². The fourth-order valence-electron chi connectivity index (χ4n) is 2.12. The summed E-state index contributed by atoms with van der Waals surface area (Å²) >= 11 is 0. The van der Waals surface area contributed by atoms with E-state index in [0.29, 0.717) is 0 Å². The molecule has 2 aromatic carbocycles. The van der Waals surface area contributed by atoms with E-state index in [-0.39, 0.29) is 26.8 Å². The van der Waals surface area contributed by atoms with E-state index in [1.807, 2.05) is 0 Å². The first-order valence-corrected chi connectivity index (χ1v) is 6.60. The summed E-state index contributed by atoms with van der Waals surface area (Å²) in [4.78, 5) is 22.7. The number of fused-ring (bicyclic) bond motifs is 3. The maximum atomic E-state index is 11.9. The highest BCUT2D eigenvalue weighted by atomic mass is 32.2. The molecule has 2 bridgehead atoms. The van der Waals surface area contributed by atoms with Gasteiger partial charge < -0.3 is 9.29 Å². The van der Waals surface area contributed by atoms with Gasteiger partial charge in [-0.05, 0) is 11.5 Å². The Hall–Kier alpha value is -2.41. The van der Waals surface area contributed by atoms with Gasteiger partial charge in [-0.25, -0.2) is 9.59 Å². The molecule has 19 heavy (non-hydrogen) atoms. The number of rotatable bonds is 1. The third kappa shape index (κ3) is 1.52. The van der Waals surface area contributed by atoms with Gasteiger partial charge in [0.1, 0.15) is 4.90 Å². The van der Waals surface area contributed by atoms with Crippen LogP contribution in [-0.2, 0) is 14.3 Å². The van der Waals surface area contributed by atoms with Crippen molar-refractivity contribution in [3.05, 3.63) is 41.5 Å². The first-order valence-electron chi connectivity index (χ1n) is 5.19. The second-order valence-corrected chi connectivity index (χ2v) is 5.49. The summed E-state index contributed by atoms with van der Waals surface area (Å²) in [5, 5.41) is 9.62. The lowest BCUT2D eigenvalue weighted by atomic mass is 9.99. The minimum atomic E-state index is -4.29. The molecule has 0 aliphatic carbocycles. The summed E-state index contributed by atoms with van der Waals surface area (Å²) in [5.74, 6) is -2.55. The fourth-order valence-corrected chi connectivity index (χ4v) is 3.21. The van der Waals surface area contributed by atoms with Crippen molar-refractivity contribution in [2.24, 2.45) is 0 Å². The monoisotopic (exact) mass is 278 g/mol. The van der Waals surface area contributed by atoms with Crippen LogP contribution in [0.1, 0.15) is 20.7 Å². The lowest BCUT2D eigenvalue weighted by Crippen LogP contribution is -2.11. The molecule has 2 aliphatic heterocycles. The Morgan fingerprint density at radius 3 is 2.42 bits per heavy atom. The summed E-state index contributed by atoms with van der Waals surface area (Å²) in [5.41, 5.74) is -0.618. The standard InChI is InChI=1S/C12H6O6S/c13-11(14)8-5-9-6-3-1-2-4-7(6)10(8)12(15)18-19(9,16)17/h1-5H,(H,13,14). The van der Waals surface area contributed by atoms with Gasteiger partial charge in [0.05, 0.1) is 11.1 Å². The van der Waals surface area contributed by atoms with Crippen LogP contribution in [0.15, 0.2) is 35.2 Å². The van der Waals surface area contributed by atoms with Crippen molar-refractivity contribution >= 4 is 32.8 Å². The van der Waals surface area contributed by atoms with Crippen LogP contribution in [0, 0.1) is 0 Å². The van der Waals surface area contributed by atoms with E-state index in [9.17, 15) is 18.0 Å². The Labute approximate surface area is 107 Å². The Morgan fingerprint density at radius 2 is 1.79 bits per heavy atom. The van der Waals surface area contributed by atoms with Crippen LogP contribution in [0.3, 0.4) is 0 Å². The highest BCUT2D eigenvalue weighted by Crippen LogP contribution is 2.34. The van der Waals surface area contributed by atoms with Gasteiger partial charge in [0.25, 0.3) is 0 Å². The van der Waals surface area contributed by atoms with Crippen molar-refractivity contribution in [3.8, 4) is 0 Å². The lowest BCUT2D eigenvalue weighted by Gasteiger charge is -2.04. The third-order valence-corrected chi connectivity index (χ3v) is 4.14. The largest absolute Gasteiger partial charge is 0.478 e. The van der Waals surface area contributed by atoms with E-state index in [1.54, 1.807) is 12.1 Å². The zero-order chi connectivity index (χ0) is 13.8. The van der Waals surface area contributed by atoms with Gasteiger partial charge in [0, 0.05) is 5.39 Å². The number of carboxylic acids is 1. The van der Waals surface area contributed by atoms with Gasteiger partial charge in [-0.2, -0.15) is 8.42 Å². The molecule has 0 atom stereocenters. The molecule has 4 rings (SSSR count). The minimum absolute atomic E-state index is 0.243. The zero-order valence-corrected chi connectivity index (χ0v) is 10.1. The van der Waals surface area contributed by atoms with Gasteiger partial charge in [-0.15, -0.1) is 0 Å². The van der Waals surface area contributed by atoms with Gasteiger partial charge >= 0.3 is 22.1 Å². The highest BCUT2D eigenvalue weighted by Gasteiger charge is 2.35. The molecule has 2 heterocycles. The van der Waals surface area contributed by atoms with Gasteiger partial charge in [-0.1, -0.05) is 24.3 Å². The maximum absolute atomic E-state index is 11.9. The van der Waals surface area contributed by atoms with Crippen LogP contribution in [0.5, 0.6) is 0 Å². The Bertz CT molecular complexity index is 850. The number of carbonyl (C=O) groups is 2. The van der Waals surface area contributed by atoms with Crippen molar-refractivity contribution < 1.29 is 27.3 Å². The Balaban J connectivity index is 2.65. The second kappa shape index (κ2) is 3.55. The van der Waals surface area contributed by atoms with Crippen molar-refractivity contribution in [1.29, 1.82) is 0 Å². The SMILES string of the molecule is O=C(O)c1cc2c3ccccc3c1C(=O)OS2(=O)=O. The van der Waals surface area contributed by atoms with Crippen LogP contribution in [-0.4, -0.2) is 25.5 Å². The average molecular weight is 278 g/mol. The smallest absolute Gasteiger partial charge is 0.355 e. The molecule has 0 radical (unpaired) electrons. The Morgan fingerprint density at radius 1 is 1.16 bits per heavy atom. The zero-order valence-electron chi connectivity index (χ0n) is 9.28. The highest BCUT2D eigenvalue weighted by molar-refractivity contribution is 7.87. The van der Waals surface area contributed by atoms with Crippen molar-refractivity contribution in [2.45, 2.75) is 4.90 Å². The summed E-state index contributed by atoms with van der Waals surface area (Å²) in [7, 11) is -4.29. The molecule has 0 saturated heterocycles. The predicted molar refractivity (Wildman–Crippen MR) is 63.5 cm³/mol. The molecule has 2 aromatic rings. The molecular formula is C12H6O6S. The van der Waals surface area contributed by atoms with E-state index >= 15 is 0 Å². The number of aromatic carboxylic acids is 1. The first kappa shape index (κ1) is 11.7. The summed E-state index contributed by atoms with van der Waals surface area (Å²) in [6.07, 6.45) is 0.